The number of rotatable bonds is 5. The fourth-order valence-corrected chi connectivity index (χ4v) is 1.47. The Balaban J connectivity index is 3.21. The van der Waals surface area contributed by atoms with Crippen LogP contribution in [0.1, 0.15) is 13.8 Å². The summed E-state index contributed by atoms with van der Waals surface area (Å²) in [5.74, 6) is 2.00. The predicted molar refractivity (Wildman–Crippen MR) is 53.8 cm³/mol. The Kier molecular flexibility index (Phi) is 5.64. The van der Waals surface area contributed by atoms with Gasteiger partial charge in [-0.3, -0.25) is 0 Å². The van der Waals surface area contributed by atoms with Gasteiger partial charge in [-0.1, -0.05) is 12.2 Å². The molecule has 0 spiro atoms. The van der Waals surface area contributed by atoms with E-state index in [0.29, 0.717) is 6.54 Å². The lowest BCUT2D eigenvalue weighted by Gasteiger charge is -2.16. The van der Waals surface area contributed by atoms with Crippen LogP contribution in [0.2, 0.25) is 0 Å². The number of hydrogen-bond acceptors (Lipinski definition) is 3. The van der Waals surface area contributed by atoms with Gasteiger partial charge in [0.05, 0.1) is 0 Å². The zero-order valence-corrected chi connectivity index (χ0v) is 8.16. The Hall–Kier alpha value is 0.01000. The summed E-state index contributed by atoms with van der Waals surface area (Å²) in [5.41, 5.74) is 11.0. The molecule has 4 N–H and O–H groups in total. The Morgan fingerprint density at radius 3 is 2.45 bits per heavy atom. The highest BCUT2D eigenvalue weighted by Gasteiger charge is 2.08. The molecule has 0 heterocycles. The van der Waals surface area contributed by atoms with Gasteiger partial charge in [0.1, 0.15) is 0 Å². The first kappa shape index (κ1) is 11.0. The highest BCUT2D eigenvalue weighted by atomic mass is 32.2. The maximum absolute atomic E-state index is 5.78. The second-order valence-corrected chi connectivity index (χ2v) is 4.24. The normalized spacial score (nSPS) is 12.7. The summed E-state index contributed by atoms with van der Waals surface area (Å²) in [6.45, 7) is 4.70. The first-order chi connectivity index (χ1) is 5.06. The molecule has 2 nitrogen and oxygen atoms in total. The van der Waals surface area contributed by atoms with Crippen molar-refractivity contribution in [2.45, 2.75) is 19.4 Å². The van der Waals surface area contributed by atoms with Crippen LogP contribution in [-0.2, 0) is 0 Å². The van der Waals surface area contributed by atoms with Crippen molar-refractivity contribution in [3.8, 4) is 0 Å². The maximum Gasteiger partial charge on any atom is 0.0188 e. The van der Waals surface area contributed by atoms with Crippen molar-refractivity contribution in [1.82, 2.24) is 0 Å². The summed E-state index contributed by atoms with van der Waals surface area (Å²) < 4.78 is 0. The summed E-state index contributed by atoms with van der Waals surface area (Å²) in [6, 6.07) is 0. The number of nitrogens with two attached hydrogens (primary N) is 2. The van der Waals surface area contributed by atoms with E-state index in [1.165, 1.54) is 0 Å². The molecular formula is C8H18N2S. The minimum absolute atomic E-state index is 0.0543. The van der Waals surface area contributed by atoms with Crippen molar-refractivity contribution >= 4 is 11.8 Å². The summed E-state index contributed by atoms with van der Waals surface area (Å²) in [4.78, 5) is 0. The number of thioether (sulfide) groups is 1. The summed E-state index contributed by atoms with van der Waals surface area (Å²) in [7, 11) is 0. The predicted octanol–water partition coefficient (Wildman–Crippen LogP) is 0.972. The van der Waals surface area contributed by atoms with Gasteiger partial charge >= 0.3 is 0 Å². The zero-order chi connectivity index (χ0) is 8.74. The molecule has 0 amide bonds. The molecule has 0 aromatic heterocycles. The Bertz CT molecular complexity index is 116. The molecule has 0 fully saturated rings. The second kappa shape index (κ2) is 5.63. The van der Waals surface area contributed by atoms with Gasteiger partial charge in [0, 0.05) is 23.6 Å². The first-order valence-corrected chi connectivity index (χ1v) is 4.93. The smallest absolute Gasteiger partial charge is 0.0188 e. The highest BCUT2D eigenvalue weighted by Crippen LogP contribution is 2.09. The van der Waals surface area contributed by atoms with E-state index in [9.17, 15) is 0 Å². The van der Waals surface area contributed by atoms with Crippen LogP contribution < -0.4 is 11.5 Å². The van der Waals surface area contributed by atoms with Crippen LogP contribution >= 0.6 is 11.8 Å². The van der Waals surface area contributed by atoms with Gasteiger partial charge < -0.3 is 11.5 Å². The minimum atomic E-state index is -0.0543. The summed E-state index contributed by atoms with van der Waals surface area (Å²) in [6.07, 6.45) is 4.05. The van der Waals surface area contributed by atoms with Gasteiger partial charge in [0.25, 0.3) is 0 Å². The molecule has 0 aliphatic carbocycles. The third kappa shape index (κ3) is 10.0. The lowest BCUT2D eigenvalue weighted by atomic mass is 10.1. The van der Waals surface area contributed by atoms with E-state index < -0.39 is 0 Å². The molecule has 0 atom stereocenters. The van der Waals surface area contributed by atoms with E-state index in [-0.39, 0.29) is 5.54 Å². The van der Waals surface area contributed by atoms with Crippen molar-refractivity contribution in [1.29, 1.82) is 0 Å². The quantitative estimate of drug-likeness (QED) is 0.482. The molecule has 0 unspecified atom stereocenters. The molecule has 0 aliphatic rings. The van der Waals surface area contributed by atoms with Crippen LogP contribution in [0.25, 0.3) is 0 Å². The molecule has 3 heteroatoms. The van der Waals surface area contributed by atoms with Crippen LogP contribution in [0.5, 0.6) is 0 Å². The highest BCUT2D eigenvalue weighted by molar-refractivity contribution is 7.99. The van der Waals surface area contributed by atoms with Gasteiger partial charge in [-0.05, 0) is 13.8 Å². The summed E-state index contributed by atoms with van der Waals surface area (Å²) in [5, 5.41) is 0. The molecular weight excluding hydrogens is 156 g/mol. The van der Waals surface area contributed by atoms with Crippen molar-refractivity contribution in [3.05, 3.63) is 12.2 Å². The third-order valence-corrected chi connectivity index (χ3v) is 2.37. The van der Waals surface area contributed by atoms with Gasteiger partial charge in [0.15, 0.2) is 0 Å². The lowest BCUT2D eigenvalue weighted by Crippen LogP contribution is -2.34. The molecule has 0 aliphatic heterocycles. The Morgan fingerprint density at radius 1 is 1.36 bits per heavy atom. The number of hydrogen-bond donors (Lipinski definition) is 2. The minimum Gasteiger partial charge on any atom is -0.327 e. The zero-order valence-electron chi connectivity index (χ0n) is 7.34. The molecule has 0 bridgehead atoms. The Labute approximate surface area is 73.4 Å². The van der Waals surface area contributed by atoms with Crippen LogP contribution in [0, 0.1) is 0 Å². The van der Waals surface area contributed by atoms with Crippen LogP contribution in [0.3, 0.4) is 0 Å². The molecule has 0 aromatic rings. The Morgan fingerprint density at radius 2 is 2.00 bits per heavy atom. The standard InChI is InChI=1S/C8H18N2S/c1-8(2,10)7-11-6-4-3-5-9/h3-4H,5-7,9-10H2,1-2H3. The fraction of sp³-hybridized carbons (Fsp3) is 0.750. The molecule has 0 radical (unpaired) electrons. The van der Waals surface area contributed by atoms with E-state index in [1.54, 1.807) is 0 Å². The van der Waals surface area contributed by atoms with Gasteiger partial charge in [-0.15, -0.1) is 0 Å². The monoisotopic (exact) mass is 174 g/mol. The van der Waals surface area contributed by atoms with Gasteiger partial charge in [-0.25, -0.2) is 0 Å². The molecule has 0 rings (SSSR count). The molecule has 0 saturated carbocycles. The van der Waals surface area contributed by atoms with E-state index in [1.807, 2.05) is 31.7 Å². The molecule has 11 heavy (non-hydrogen) atoms. The average Bonchev–Trinajstić information content (AvgIpc) is 1.85. The van der Waals surface area contributed by atoms with E-state index in [4.69, 9.17) is 11.5 Å². The van der Waals surface area contributed by atoms with E-state index in [0.717, 1.165) is 11.5 Å². The van der Waals surface area contributed by atoms with Crippen molar-refractivity contribution < 1.29 is 0 Å². The summed E-state index contributed by atoms with van der Waals surface area (Å²) >= 11 is 1.83. The van der Waals surface area contributed by atoms with Gasteiger partial charge in [-0.2, -0.15) is 11.8 Å². The van der Waals surface area contributed by atoms with Crippen molar-refractivity contribution in [3.63, 3.8) is 0 Å². The average molecular weight is 174 g/mol. The van der Waals surface area contributed by atoms with Crippen molar-refractivity contribution in [2.75, 3.05) is 18.1 Å². The van der Waals surface area contributed by atoms with Crippen LogP contribution in [-0.4, -0.2) is 23.6 Å². The van der Waals surface area contributed by atoms with E-state index in [2.05, 4.69) is 6.08 Å². The second-order valence-electron chi connectivity index (χ2n) is 3.21. The first-order valence-electron chi connectivity index (χ1n) is 3.78. The van der Waals surface area contributed by atoms with Crippen LogP contribution in [0.4, 0.5) is 0 Å². The van der Waals surface area contributed by atoms with Gasteiger partial charge in [0.2, 0.25) is 0 Å². The largest absolute Gasteiger partial charge is 0.327 e. The lowest BCUT2D eigenvalue weighted by molar-refractivity contribution is 0.591. The van der Waals surface area contributed by atoms with E-state index >= 15 is 0 Å². The van der Waals surface area contributed by atoms with Crippen molar-refractivity contribution in [2.24, 2.45) is 11.5 Å². The fourth-order valence-electron chi connectivity index (χ4n) is 0.554. The topological polar surface area (TPSA) is 52.0 Å². The molecule has 0 aromatic carbocycles. The van der Waals surface area contributed by atoms with Crippen LogP contribution in [0.15, 0.2) is 12.2 Å². The molecule has 66 valence electrons. The SMILES string of the molecule is CC(C)(N)CSCC=CCN. The molecule has 0 saturated heterocycles. The third-order valence-electron chi connectivity index (χ3n) is 0.991. The maximum atomic E-state index is 5.78.